The minimum Gasteiger partial charge on any atom is -0.444 e. The van der Waals surface area contributed by atoms with Gasteiger partial charge in [0.2, 0.25) is 0 Å². The van der Waals surface area contributed by atoms with Crippen LogP contribution in [0.3, 0.4) is 0 Å². The lowest BCUT2D eigenvalue weighted by molar-refractivity contribution is -0.112. The van der Waals surface area contributed by atoms with Crippen molar-refractivity contribution in [2.75, 3.05) is 4.90 Å². The SMILES string of the molecule is C/C(CC(/C=C/c1ccccc1)NC(=O)OC(C)(C)C)=C1/C(=O)N(C(=O)OC(C)(C)C)c2ccccc21. The van der Waals surface area contributed by atoms with E-state index in [0.29, 0.717) is 23.2 Å². The lowest BCUT2D eigenvalue weighted by atomic mass is 9.96. The maximum atomic E-state index is 13.5. The van der Waals surface area contributed by atoms with Crippen molar-refractivity contribution in [3.05, 3.63) is 77.4 Å². The lowest BCUT2D eigenvalue weighted by Crippen LogP contribution is -2.39. The first-order chi connectivity index (χ1) is 17.2. The zero-order valence-electron chi connectivity index (χ0n) is 22.6. The largest absolute Gasteiger partial charge is 0.444 e. The quantitative estimate of drug-likeness (QED) is 0.456. The van der Waals surface area contributed by atoms with Gasteiger partial charge in [-0.3, -0.25) is 4.79 Å². The molecule has 3 rings (SSSR count). The number of alkyl carbamates (subject to hydrolysis) is 1. The number of hydrogen-bond donors (Lipinski definition) is 1. The van der Waals surface area contributed by atoms with Gasteiger partial charge >= 0.3 is 12.2 Å². The zero-order chi connectivity index (χ0) is 27.4. The number of carbonyl (C=O) groups excluding carboxylic acids is 3. The lowest BCUT2D eigenvalue weighted by Gasteiger charge is -2.24. The van der Waals surface area contributed by atoms with Gasteiger partial charge in [0.25, 0.3) is 5.91 Å². The van der Waals surface area contributed by atoms with Crippen molar-refractivity contribution in [1.29, 1.82) is 0 Å². The van der Waals surface area contributed by atoms with Crippen LogP contribution in [-0.2, 0) is 14.3 Å². The molecule has 0 saturated carbocycles. The summed E-state index contributed by atoms with van der Waals surface area (Å²) in [6, 6.07) is 16.4. The van der Waals surface area contributed by atoms with Crippen molar-refractivity contribution in [2.45, 2.75) is 72.1 Å². The highest BCUT2D eigenvalue weighted by atomic mass is 16.6. The fourth-order valence-corrected chi connectivity index (χ4v) is 3.97. The van der Waals surface area contributed by atoms with Crippen molar-refractivity contribution in [2.24, 2.45) is 0 Å². The number of nitrogens with one attached hydrogen (secondary N) is 1. The van der Waals surface area contributed by atoms with Crippen LogP contribution in [0.1, 0.15) is 66.0 Å². The van der Waals surface area contributed by atoms with Crippen LogP contribution in [0.5, 0.6) is 0 Å². The van der Waals surface area contributed by atoms with Crippen LogP contribution in [0.4, 0.5) is 15.3 Å². The minimum absolute atomic E-state index is 0.333. The molecule has 37 heavy (non-hydrogen) atoms. The molecule has 0 spiro atoms. The normalized spacial score (nSPS) is 15.9. The van der Waals surface area contributed by atoms with Crippen molar-refractivity contribution in [3.8, 4) is 0 Å². The maximum absolute atomic E-state index is 13.5. The Balaban J connectivity index is 1.95. The summed E-state index contributed by atoms with van der Waals surface area (Å²) in [6.45, 7) is 12.5. The number of rotatable bonds is 5. The summed E-state index contributed by atoms with van der Waals surface area (Å²) in [6.07, 6.45) is 2.85. The van der Waals surface area contributed by atoms with Gasteiger partial charge < -0.3 is 14.8 Å². The van der Waals surface area contributed by atoms with Gasteiger partial charge in [-0.25, -0.2) is 14.5 Å². The number of amides is 3. The van der Waals surface area contributed by atoms with Gasteiger partial charge in [-0.15, -0.1) is 0 Å². The van der Waals surface area contributed by atoms with Gasteiger partial charge in [-0.1, -0.05) is 66.3 Å². The summed E-state index contributed by atoms with van der Waals surface area (Å²) in [5.74, 6) is -0.448. The molecule has 1 N–H and O–H groups in total. The van der Waals surface area contributed by atoms with Crippen LogP contribution in [0.2, 0.25) is 0 Å². The molecular formula is C30H36N2O5. The number of nitrogens with zero attached hydrogens (tertiary/aromatic N) is 1. The van der Waals surface area contributed by atoms with E-state index >= 15 is 0 Å². The smallest absolute Gasteiger partial charge is 0.422 e. The van der Waals surface area contributed by atoms with Crippen molar-refractivity contribution in [1.82, 2.24) is 5.32 Å². The molecule has 0 fully saturated rings. The van der Waals surface area contributed by atoms with Gasteiger partial charge in [0.15, 0.2) is 0 Å². The molecule has 1 atom stereocenters. The molecule has 0 radical (unpaired) electrons. The van der Waals surface area contributed by atoms with E-state index in [1.165, 1.54) is 0 Å². The van der Waals surface area contributed by atoms with E-state index in [1.807, 2.05) is 61.5 Å². The van der Waals surface area contributed by atoms with Gasteiger partial charge in [0, 0.05) is 11.1 Å². The van der Waals surface area contributed by atoms with Crippen LogP contribution in [0.15, 0.2) is 66.2 Å². The standard InChI is InChI=1S/C30H36N2O5/c1-20(19-22(31-27(34)36-29(2,3)4)18-17-21-13-9-8-10-14-21)25-23-15-11-12-16-24(23)32(26(25)33)28(35)37-30(5,6)7/h8-18,22H,19H2,1-7H3,(H,31,34)/b18-17+,25-20-. The Morgan fingerprint density at radius 1 is 0.919 bits per heavy atom. The summed E-state index contributed by atoms with van der Waals surface area (Å²) in [7, 11) is 0. The number of benzene rings is 2. The van der Waals surface area contributed by atoms with E-state index < -0.39 is 35.3 Å². The molecule has 0 aromatic heterocycles. The van der Waals surface area contributed by atoms with Crippen LogP contribution in [0, 0.1) is 0 Å². The van der Waals surface area contributed by atoms with Crippen LogP contribution < -0.4 is 10.2 Å². The number of fused-ring (bicyclic) bond motifs is 1. The van der Waals surface area contributed by atoms with E-state index in [9.17, 15) is 14.4 Å². The van der Waals surface area contributed by atoms with E-state index in [1.54, 1.807) is 53.7 Å². The van der Waals surface area contributed by atoms with E-state index in [0.717, 1.165) is 16.0 Å². The molecule has 1 aliphatic heterocycles. The second-order valence-electron chi connectivity index (χ2n) is 11.0. The summed E-state index contributed by atoms with van der Waals surface area (Å²) < 4.78 is 11.0. The molecule has 7 heteroatoms. The Labute approximate surface area is 219 Å². The van der Waals surface area contributed by atoms with E-state index in [-0.39, 0.29) is 0 Å². The van der Waals surface area contributed by atoms with E-state index in [2.05, 4.69) is 5.32 Å². The third-order valence-corrected chi connectivity index (χ3v) is 5.38. The number of anilines is 1. The Hall–Kier alpha value is -3.87. The predicted octanol–water partition coefficient (Wildman–Crippen LogP) is 6.74. The first-order valence-corrected chi connectivity index (χ1v) is 12.3. The molecule has 7 nitrogen and oxygen atoms in total. The van der Waals surface area contributed by atoms with Gasteiger partial charge in [-0.2, -0.15) is 0 Å². The summed E-state index contributed by atoms with van der Waals surface area (Å²) in [5, 5.41) is 2.90. The maximum Gasteiger partial charge on any atom is 0.422 e. The van der Waals surface area contributed by atoms with Crippen LogP contribution >= 0.6 is 0 Å². The zero-order valence-corrected chi connectivity index (χ0v) is 22.6. The number of hydrogen-bond acceptors (Lipinski definition) is 5. The van der Waals surface area contributed by atoms with Crippen LogP contribution in [0.25, 0.3) is 11.6 Å². The fourth-order valence-electron chi connectivity index (χ4n) is 3.97. The third kappa shape index (κ3) is 7.56. The molecule has 3 amide bonds. The molecule has 1 aliphatic rings. The molecule has 0 bridgehead atoms. The first-order valence-electron chi connectivity index (χ1n) is 12.3. The molecule has 2 aromatic rings. The second-order valence-corrected chi connectivity index (χ2v) is 11.0. The monoisotopic (exact) mass is 504 g/mol. The molecule has 1 heterocycles. The summed E-state index contributed by atoms with van der Waals surface area (Å²) in [4.78, 5) is 40.2. The van der Waals surface area contributed by atoms with Gasteiger partial charge in [0.05, 0.1) is 11.7 Å². The summed E-state index contributed by atoms with van der Waals surface area (Å²) >= 11 is 0. The van der Waals surface area contributed by atoms with Crippen molar-refractivity contribution < 1.29 is 23.9 Å². The molecule has 0 aliphatic carbocycles. The fraction of sp³-hybridized carbons (Fsp3) is 0.367. The molecule has 0 saturated heterocycles. The topological polar surface area (TPSA) is 84.9 Å². The molecule has 2 aromatic carbocycles. The van der Waals surface area contributed by atoms with Crippen molar-refractivity contribution >= 4 is 35.4 Å². The van der Waals surface area contributed by atoms with Gasteiger partial charge in [0.1, 0.15) is 11.2 Å². The minimum atomic E-state index is -0.752. The van der Waals surface area contributed by atoms with Crippen molar-refractivity contribution in [3.63, 3.8) is 0 Å². The molecule has 1 unspecified atom stereocenters. The predicted molar refractivity (Wildman–Crippen MR) is 146 cm³/mol. The average molecular weight is 505 g/mol. The highest BCUT2D eigenvalue weighted by molar-refractivity contribution is 6.39. The van der Waals surface area contributed by atoms with Crippen LogP contribution in [-0.4, -0.2) is 35.3 Å². The number of carbonyl (C=O) groups is 3. The summed E-state index contributed by atoms with van der Waals surface area (Å²) in [5.41, 5.74) is 1.85. The van der Waals surface area contributed by atoms with E-state index in [4.69, 9.17) is 9.47 Å². The first kappa shape index (κ1) is 27.7. The Bertz CT molecular complexity index is 1220. The average Bonchev–Trinajstić information content (AvgIpc) is 3.07. The third-order valence-electron chi connectivity index (χ3n) is 5.38. The molecule has 196 valence electrons. The highest BCUT2D eigenvalue weighted by Gasteiger charge is 2.40. The Kier molecular flexibility index (Phi) is 8.26. The number of para-hydroxylation sites is 1. The second kappa shape index (κ2) is 11.0. The Morgan fingerprint density at radius 2 is 1.51 bits per heavy atom. The highest BCUT2D eigenvalue weighted by Crippen LogP contribution is 2.40. The Morgan fingerprint density at radius 3 is 2.14 bits per heavy atom. The molecular weight excluding hydrogens is 468 g/mol. The number of ether oxygens (including phenoxy) is 2. The van der Waals surface area contributed by atoms with Gasteiger partial charge in [-0.05, 0) is 66.5 Å². The number of imide groups is 1.